The van der Waals surface area contributed by atoms with E-state index in [9.17, 15) is 13.4 Å². The van der Waals surface area contributed by atoms with Crippen LogP contribution in [0.1, 0.15) is 34.9 Å². The summed E-state index contributed by atoms with van der Waals surface area (Å²) < 4.78 is 31.2. The number of imidazole rings is 1. The number of aromatic nitrogens is 2. The smallest absolute Gasteiger partial charge is 0.335 e. The van der Waals surface area contributed by atoms with Gasteiger partial charge in [-0.1, -0.05) is 53.1 Å². The molecular weight excluding hydrogens is 463 g/mol. The minimum Gasteiger partial charge on any atom is -0.335 e. The normalized spacial score (nSPS) is 12.0. The molecule has 0 fully saturated rings. The maximum Gasteiger partial charge on any atom is 0.356 e. The Bertz CT molecular complexity index is 1400. The summed E-state index contributed by atoms with van der Waals surface area (Å²) in [5, 5.41) is 2.76. The maximum absolute atomic E-state index is 14.4. The summed E-state index contributed by atoms with van der Waals surface area (Å²) in [5.74, 6) is -0.216. The molecule has 0 spiro atoms. The van der Waals surface area contributed by atoms with Gasteiger partial charge in [0, 0.05) is 29.4 Å². The highest BCUT2D eigenvalue weighted by molar-refractivity contribution is 7.83. The number of fused-ring (bicyclic) bond motifs is 1. The van der Waals surface area contributed by atoms with Gasteiger partial charge >= 0.3 is 6.03 Å². The highest BCUT2D eigenvalue weighted by atomic mass is 32.2. The maximum atomic E-state index is 14.4. The lowest BCUT2D eigenvalue weighted by molar-refractivity contribution is 0.246. The van der Waals surface area contributed by atoms with Crippen molar-refractivity contribution in [3.8, 4) is 11.3 Å². The number of benzene rings is 2. The minimum atomic E-state index is -1.99. The number of amides is 2. The van der Waals surface area contributed by atoms with Crippen LogP contribution in [0, 0.1) is 26.6 Å². The van der Waals surface area contributed by atoms with Crippen molar-refractivity contribution in [2.75, 3.05) is 6.54 Å². The van der Waals surface area contributed by atoms with Crippen LogP contribution in [0.25, 0.3) is 16.9 Å². The number of carbonyl (C=O) groups excluding carboxylic acids is 1. The lowest BCUT2D eigenvalue weighted by Gasteiger charge is -2.09. The number of nitrogens with one attached hydrogen (secondary N) is 2. The number of nitrogens with zero attached hydrogens (tertiary/aromatic N) is 2. The summed E-state index contributed by atoms with van der Waals surface area (Å²) in [6, 6.07) is 14.9. The molecule has 2 heterocycles. The Morgan fingerprint density at radius 2 is 1.74 bits per heavy atom. The van der Waals surface area contributed by atoms with Gasteiger partial charge in [0.2, 0.25) is 11.0 Å². The van der Waals surface area contributed by atoms with E-state index in [0.29, 0.717) is 34.6 Å². The van der Waals surface area contributed by atoms with Crippen molar-refractivity contribution in [3.63, 3.8) is 0 Å². The van der Waals surface area contributed by atoms with E-state index in [1.165, 1.54) is 0 Å². The van der Waals surface area contributed by atoms with Crippen molar-refractivity contribution >= 4 is 22.7 Å². The number of pyridine rings is 1. The Hall–Kier alpha value is -3.52. The summed E-state index contributed by atoms with van der Waals surface area (Å²) in [6.07, 6.45) is 3.17. The highest BCUT2D eigenvalue weighted by Gasteiger charge is 2.18. The van der Waals surface area contributed by atoms with Crippen LogP contribution in [0.3, 0.4) is 0 Å². The number of thiol groups is 1. The van der Waals surface area contributed by atoms with Gasteiger partial charge in [-0.15, -0.1) is 4.72 Å². The summed E-state index contributed by atoms with van der Waals surface area (Å²) in [7, 11) is -1.99. The minimum absolute atomic E-state index is 0.216. The second-order valence-corrected chi connectivity index (χ2v) is 9.98. The van der Waals surface area contributed by atoms with Crippen molar-refractivity contribution in [1.82, 2.24) is 19.4 Å². The Morgan fingerprint density at radius 1 is 1.06 bits per heavy atom. The van der Waals surface area contributed by atoms with Crippen molar-refractivity contribution in [3.05, 3.63) is 88.5 Å². The molecule has 1 atom stereocenters. The van der Waals surface area contributed by atoms with Gasteiger partial charge in [0.1, 0.15) is 11.5 Å². The molecule has 4 rings (SSSR count). The molecule has 0 aliphatic heterocycles. The molecule has 0 saturated heterocycles. The number of carbonyl (C=O) groups is 1. The molecule has 2 aromatic carbocycles. The molecule has 2 amide bonds. The summed E-state index contributed by atoms with van der Waals surface area (Å²) in [4.78, 5) is 17.4. The molecule has 0 aliphatic carbocycles. The van der Waals surface area contributed by atoms with E-state index in [1.807, 2.05) is 54.6 Å². The summed E-state index contributed by atoms with van der Waals surface area (Å²) in [6.45, 7) is 7.93. The van der Waals surface area contributed by atoms with Crippen LogP contribution in [0.15, 0.2) is 59.6 Å². The molecule has 2 aromatic heterocycles. The number of hydrogen-bond acceptors (Lipinski definition) is 3. The van der Waals surface area contributed by atoms with Crippen molar-refractivity contribution in [2.45, 2.75) is 45.4 Å². The van der Waals surface area contributed by atoms with Crippen LogP contribution >= 0.6 is 0 Å². The van der Waals surface area contributed by atoms with E-state index in [1.54, 1.807) is 32.2 Å². The highest BCUT2D eigenvalue weighted by Crippen LogP contribution is 2.29. The zero-order chi connectivity index (χ0) is 25.1. The monoisotopic (exact) mass is 493 g/mol. The Labute approximate surface area is 207 Å². The molecule has 0 radical (unpaired) electrons. The van der Waals surface area contributed by atoms with E-state index in [-0.39, 0.29) is 5.82 Å². The van der Waals surface area contributed by atoms with Crippen LogP contribution in [0.2, 0.25) is 0 Å². The molecule has 6 nitrogen and oxygen atoms in total. The van der Waals surface area contributed by atoms with E-state index < -0.39 is 17.0 Å². The van der Waals surface area contributed by atoms with E-state index >= 15 is 0 Å². The van der Waals surface area contributed by atoms with E-state index in [0.717, 1.165) is 34.5 Å². The molecule has 0 bridgehead atoms. The third-order valence-corrected chi connectivity index (χ3v) is 7.22. The Balaban J connectivity index is 1.41. The second-order valence-electron chi connectivity index (χ2n) is 8.65. The van der Waals surface area contributed by atoms with Crippen molar-refractivity contribution in [2.24, 2.45) is 0 Å². The molecule has 0 aliphatic rings. The fraction of sp³-hybridized carbons (Fsp3) is 0.259. The largest absolute Gasteiger partial charge is 0.356 e. The van der Waals surface area contributed by atoms with Gasteiger partial charge in [-0.3, -0.25) is 4.40 Å². The first-order chi connectivity index (χ1) is 16.8. The number of halogens is 1. The van der Waals surface area contributed by atoms with Gasteiger partial charge in [-0.25, -0.2) is 14.2 Å². The average Bonchev–Trinajstić information content (AvgIpc) is 3.22. The fourth-order valence-electron chi connectivity index (χ4n) is 4.09. The quantitative estimate of drug-likeness (QED) is 0.277. The fourth-order valence-corrected chi connectivity index (χ4v) is 4.90. The molecular formula is C27H30FN4O2S+. The molecule has 2 N–H and O–H groups in total. The average molecular weight is 494 g/mol. The first kappa shape index (κ1) is 24.6. The van der Waals surface area contributed by atoms with Crippen LogP contribution in [-0.2, 0) is 28.0 Å². The van der Waals surface area contributed by atoms with E-state index in [4.69, 9.17) is 4.98 Å². The van der Waals surface area contributed by atoms with Gasteiger partial charge in [0.15, 0.2) is 4.90 Å². The van der Waals surface area contributed by atoms with E-state index in [2.05, 4.69) is 10.0 Å². The first-order valence-corrected chi connectivity index (χ1v) is 12.9. The summed E-state index contributed by atoms with van der Waals surface area (Å²) >= 11 is 0. The molecule has 4 aromatic rings. The standard InChI is InChI=1S/C27H29FN4O2S/c1-5-23-25(32-16-18(3)24(28)19(4)26(32)30-23)21-10-8-20(9-11-21)14-15-29-27(33)31-35(34)22-12-6-17(2)7-13-22/h6-13,16H,5,14-15H2,1-4H3,(H2,29,31,33,34)/p+1. The molecule has 1 unspecified atom stereocenters. The Morgan fingerprint density at radius 3 is 2.40 bits per heavy atom. The zero-order valence-electron chi connectivity index (χ0n) is 20.4. The molecule has 35 heavy (non-hydrogen) atoms. The van der Waals surface area contributed by atoms with Crippen molar-refractivity contribution in [1.29, 1.82) is 0 Å². The SMILES string of the molecule is CCc1nc2c(C)c(F)c(C)cn2c1-c1ccc(CCNC(=O)N[SH+](=O)c2ccc(C)cc2)cc1. The van der Waals surface area contributed by atoms with Crippen LogP contribution in [0.4, 0.5) is 9.18 Å². The predicted molar refractivity (Wildman–Crippen MR) is 139 cm³/mol. The zero-order valence-corrected chi connectivity index (χ0v) is 21.2. The topological polar surface area (TPSA) is 75.5 Å². The number of urea groups is 1. The Kier molecular flexibility index (Phi) is 7.31. The van der Waals surface area contributed by atoms with Crippen LogP contribution in [-0.4, -0.2) is 22.0 Å². The lowest BCUT2D eigenvalue weighted by Crippen LogP contribution is -2.37. The van der Waals surface area contributed by atoms with Gasteiger partial charge in [-0.05, 0) is 51.3 Å². The lowest BCUT2D eigenvalue weighted by atomic mass is 10.0. The van der Waals surface area contributed by atoms with Crippen molar-refractivity contribution < 1.29 is 13.4 Å². The van der Waals surface area contributed by atoms with Crippen LogP contribution in [0.5, 0.6) is 0 Å². The second kappa shape index (κ2) is 10.4. The molecule has 8 heteroatoms. The van der Waals surface area contributed by atoms with Gasteiger partial charge < -0.3 is 5.32 Å². The third kappa shape index (κ3) is 5.27. The molecule has 0 saturated carbocycles. The first-order valence-electron chi connectivity index (χ1n) is 11.6. The van der Waals surface area contributed by atoms with Gasteiger partial charge in [0.25, 0.3) is 0 Å². The van der Waals surface area contributed by atoms with Gasteiger partial charge in [-0.2, -0.15) is 0 Å². The van der Waals surface area contributed by atoms with Crippen LogP contribution < -0.4 is 10.0 Å². The predicted octanol–water partition coefficient (Wildman–Crippen LogP) is 5.14. The third-order valence-electron chi connectivity index (χ3n) is 6.05. The van der Waals surface area contributed by atoms with Gasteiger partial charge in [0.05, 0.1) is 11.4 Å². The number of hydrogen-bond donors (Lipinski definition) is 2. The summed E-state index contributed by atoms with van der Waals surface area (Å²) in [5.41, 5.74) is 6.80. The number of rotatable bonds is 7. The number of aryl methyl sites for hydroxylation is 4. The molecule has 182 valence electrons.